The Morgan fingerprint density at radius 1 is 0.297 bits per heavy atom. The molecule has 0 fully saturated rings. The summed E-state index contributed by atoms with van der Waals surface area (Å²) >= 11 is 5.87. The van der Waals surface area contributed by atoms with E-state index in [1.807, 2.05) is 35.3 Å². The standard InChI is InChI=1S/C61H44S3/c1-59(2)45-28-13-11-24-43(45)53-47(59)34-35-52-58(53)64-56-42(27-17-31-51(56)62-52)38-19-15-18-37(36-38)41-26-16-30-49-55(41)63-57-50(60(49,3)4)33-32-48-54(57)44-25-12-14-29-46(44)61(48,39-20-7-5-8-21-39)40-22-9-6-10-23-40/h5-36H,1-4H3. The van der Waals surface area contributed by atoms with Crippen LogP contribution in [0.3, 0.4) is 0 Å². The second kappa shape index (κ2) is 14.0. The van der Waals surface area contributed by atoms with Gasteiger partial charge >= 0.3 is 0 Å². The van der Waals surface area contributed by atoms with Crippen LogP contribution >= 0.6 is 35.3 Å². The van der Waals surface area contributed by atoms with Gasteiger partial charge in [0.25, 0.3) is 0 Å². The van der Waals surface area contributed by atoms with E-state index in [0.717, 1.165) is 0 Å². The Morgan fingerprint density at radius 2 is 0.766 bits per heavy atom. The Balaban J connectivity index is 0.950. The molecule has 306 valence electrons. The molecule has 3 heteroatoms. The molecular weight excluding hydrogens is 829 g/mol. The van der Waals surface area contributed by atoms with E-state index < -0.39 is 5.41 Å². The smallest absolute Gasteiger partial charge is 0.0713 e. The van der Waals surface area contributed by atoms with Crippen molar-refractivity contribution in [3.63, 3.8) is 0 Å². The molecule has 9 aromatic rings. The molecule has 0 bridgehead atoms. The highest BCUT2D eigenvalue weighted by Gasteiger charge is 2.49. The molecule has 4 aliphatic rings. The normalized spacial score (nSPS) is 16.0. The highest BCUT2D eigenvalue weighted by molar-refractivity contribution is 8.05. The maximum atomic E-state index is 2.46. The average Bonchev–Trinajstić information content (AvgIpc) is 3.77. The third-order valence-electron chi connectivity index (χ3n) is 14.7. The van der Waals surface area contributed by atoms with E-state index in [4.69, 9.17) is 0 Å². The van der Waals surface area contributed by atoms with Gasteiger partial charge in [0.15, 0.2) is 0 Å². The molecule has 0 N–H and O–H groups in total. The molecule has 0 nitrogen and oxygen atoms in total. The van der Waals surface area contributed by atoms with Crippen molar-refractivity contribution >= 4 is 35.3 Å². The van der Waals surface area contributed by atoms with E-state index in [-0.39, 0.29) is 10.8 Å². The Bertz CT molecular complexity index is 3370. The molecule has 2 heterocycles. The minimum Gasteiger partial charge on any atom is -0.0881 e. The number of rotatable bonds is 4. The van der Waals surface area contributed by atoms with Gasteiger partial charge in [-0.15, -0.1) is 0 Å². The van der Waals surface area contributed by atoms with Crippen LogP contribution in [0.4, 0.5) is 0 Å². The van der Waals surface area contributed by atoms with E-state index >= 15 is 0 Å². The maximum Gasteiger partial charge on any atom is 0.0713 e. The van der Waals surface area contributed by atoms with Gasteiger partial charge in [0.1, 0.15) is 0 Å². The van der Waals surface area contributed by atoms with Crippen molar-refractivity contribution < 1.29 is 0 Å². The van der Waals surface area contributed by atoms with Crippen molar-refractivity contribution in [3.8, 4) is 44.5 Å². The average molecular weight is 873 g/mol. The Hall–Kier alpha value is -5.97. The van der Waals surface area contributed by atoms with Crippen molar-refractivity contribution in [2.45, 2.75) is 73.3 Å². The monoisotopic (exact) mass is 872 g/mol. The van der Waals surface area contributed by atoms with E-state index in [1.54, 1.807) is 0 Å². The van der Waals surface area contributed by atoms with Gasteiger partial charge in [-0.05, 0) is 96.1 Å². The fraction of sp³-hybridized carbons (Fsp3) is 0.115. The fourth-order valence-corrected chi connectivity index (χ4v) is 15.9. The summed E-state index contributed by atoms with van der Waals surface area (Å²) < 4.78 is 0. The van der Waals surface area contributed by atoms with Crippen LogP contribution in [0.5, 0.6) is 0 Å². The second-order valence-corrected chi connectivity index (χ2v) is 21.8. The molecule has 0 saturated carbocycles. The molecule has 0 spiro atoms. The molecule has 0 aromatic heterocycles. The van der Waals surface area contributed by atoms with Gasteiger partial charge in [-0.1, -0.05) is 239 Å². The summed E-state index contributed by atoms with van der Waals surface area (Å²) in [5.41, 5.74) is 20.8. The third-order valence-corrected chi connectivity index (χ3v) is 18.6. The predicted octanol–water partition coefficient (Wildman–Crippen LogP) is 17.1. The van der Waals surface area contributed by atoms with E-state index in [9.17, 15) is 0 Å². The number of fused-ring (bicyclic) bond motifs is 12. The largest absolute Gasteiger partial charge is 0.0881 e. The Kier molecular flexibility index (Phi) is 8.43. The van der Waals surface area contributed by atoms with Gasteiger partial charge in [0, 0.05) is 51.3 Å². The molecule has 64 heavy (non-hydrogen) atoms. The Morgan fingerprint density at radius 3 is 1.48 bits per heavy atom. The molecule has 2 aliphatic carbocycles. The molecule has 0 saturated heterocycles. The summed E-state index contributed by atoms with van der Waals surface area (Å²) in [7, 11) is 0. The quantitative estimate of drug-likeness (QED) is 0.173. The van der Waals surface area contributed by atoms with Crippen LogP contribution in [0.25, 0.3) is 44.5 Å². The van der Waals surface area contributed by atoms with E-state index in [2.05, 4.69) is 222 Å². The summed E-state index contributed by atoms with van der Waals surface area (Å²) in [4.78, 5) is 8.15. The lowest BCUT2D eigenvalue weighted by Crippen LogP contribution is -2.29. The number of hydrogen-bond donors (Lipinski definition) is 0. The molecular formula is C61H44S3. The zero-order chi connectivity index (χ0) is 43.0. The van der Waals surface area contributed by atoms with Gasteiger partial charge < -0.3 is 0 Å². The van der Waals surface area contributed by atoms with E-state index in [0.29, 0.717) is 0 Å². The minimum atomic E-state index is -0.437. The summed E-state index contributed by atoms with van der Waals surface area (Å²) in [6, 6.07) is 73.4. The first kappa shape index (κ1) is 38.5. The van der Waals surface area contributed by atoms with Crippen molar-refractivity contribution in [3.05, 3.63) is 239 Å². The highest BCUT2D eigenvalue weighted by atomic mass is 32.2. The van der Waals surface area contributed by atoms with Crippen LogP contribution in [-0.4, -0.2) is 0 Å². The number of benzene rings is 9. The van der Waals surface area contributed by atoms with Crippen molar-refractivity contribution in [1.82, 2.24) is 0 Å². The summed E-state index contributed by atoms with van der Waals surface area (Å²) in [6.07, 6.45) is 0. The molecule has 0 amide bonds. The SMILES string of the molecule is CC1(C)c2cccc(-c3cccc(-c4cccc5c4Sc4c(ccc6c4-c4ccccc4C6(C)C)S5)c3)c2Sc2c1ccc1c2-c2ccccc2C1(c1ccccc1)c1ccccc1. The van der Waals surface area contributed by atoms with Crippen molar-refractivity contribution in [1.29, 1.82) is 0 Å². The molecule has 9 aromatic carbocycles. The van der Waals surface area contributed by atoms with Crippen molar-refractivity contribution in [2.75, 3.05) is 0 Å². The molecule has 2 aliphatic heterocycles. The molecule has 13 rings (SSSR count). The van der Waals surface area contributed by atoms with Crippen molar-refractivity contribution in [2.24, 2.45) is 0 Å². The van der Waals surface area contributed by atoms with Gasteiger partial charge in [-0.25, -0.2) is 0 Å². The summed E-state index contributed by atoms with van der Waals surface area (Å²) in [6.45, 7) is 9.62. The topological polar surface area (TPSA) is 0 Å². The van der Waals surface area contributed by atoms with Crippen LogP contribution < -0.4 is 0 Å². The predicted molar refractivity (Wildman–Crippen MR) is 270 cm³/mol. The van der Waals surface area contributed by atoms with Crippen LogP contribution in [0.1, 0.15) is 72.2 Å². The summed E-state index contributed by atoms with van der Waals surface area (Å²) in [5.74, 6) is 0. The Labute approximate surface area is 389 Å². The van der Waals surface area contributed by atoms with Gasteiger partial charge in [-0.2, -0.15) is 0 Å². The lowest BCUT2D eigenvalue weighted by Gasteiger charge is -2.38. The van der Waals surface area contributed by atoms with Gasteiger partial charge in [-0.3, -0.25) is 0 Å². The highest BCUT2D eigenvalue weighted by Crippen LogP contribution is 2.64. The van der Waals surface area contributed by atoms with E-state index in [1.165, 1.54) is 118 Å². The first-order valence-electron chi connectivity index (χ1n) is 22.3. The summed E-state index contributed by atoms with van der Waals surface area (Å²) in [5, 5.41) is 0. The first-order chi connectivity index (χ1) is 31.3. The zero-order valence-corrected chi connectivity index (χ0v) is 38.6. The first-order valence-corrected chi connectivity index (χ1v) is 24.8. The van der Waals surface area contributed by atoms with Gasteiger partial charge in [0.05, 0.1) is 5.41 Å². The van der Waals surface area contributed by atoms with Crippen LogP contribution in [0.2, 0.25) is 0 Å². The molecule has 0 atom stereocenters. The van der Waals surface area contributed by atoms with Crippen LogP contribution in [-0.2, 0) is 16.2 Å². The second-order valence-electron chi connectivity index (χ2n) is 18.7. The van der Waals surface area contributed by atoms with Gasteiger partial charge in [0.2, 0.25) is 0 Å². The zero-order valence-electron chi connectivity index (χ0n) is 36.2. The number of hydrogen-bond acceptors (Lipinski definition) is 3. The fourth-order valence-electron chi connectivity index (χ4n) is 11.6. The van der Waals surface area contributed by atoms with Crippen LogP contribution in [0, 0.1) is 0 Å². The lowest BCUT2D eigenvalue weighted by atomic mass is 9.67. The molecule has 0 radical (unpaired) electrons. The third kappa shape index (κ3) is 5.24. The molecule has 0 unspecified atom stereocenters. The maximum absolute atomic E-state index is 2.46. The van der Waals surface area contributed by atoms with Crippen LogP contribution in [0.15, 0.2) is 223 Å². The lowest BCUT2D eigenvalue weighted by molar-refractivity contribution is 0.607. The minimum absolute atomic E-state index is 0.0292.